The maximum Gasteiger partial charge on any atom is 0.336 e. The van der Waals surface area contributed by atoms with Gasteiger partial charge in [0.2, 0.25) is 0 Å². The number of carbonyl (C=O) groups is 1. The summed E-state index contributed by atoms with van der Waals surface area (Å²) >= 11 is 1.50. The summed E-state index contributed by atoms with van der Waals surface area (Å²) in [4.78, 5) is 28.7. The summed E-state index contributed by atoms with van der Waals surface area (Å²) in [5.41, 5.74) is 1.50. The van der Waals surface area contributed by atoms with E-state index >= 15 is 0 Å². The largest absolute Gasteiger partial charge is 0.458 e. The van der Waals surface area contributed by atoms with Gasteiger partial charge in [-0.1, -0.05) is 42.5 Å². The topological polar surface area (TPSA) is 69.4 Å². The third-order valence-corrected chi connectivity index (χ3v) is 5.76. The Kier molecular flexibility index (Phi) is 4.61. The second-order valence-corrected chi connectivity index (χ2v) is 7.77. The van der Waals surface area contributed by atoms with E-state index in [1.807, 2.05) is 54.6 Å². The van der Waals surface area contributed by atoms with E-state index in [4.69, 9.17) is 9.15 Å². The molecule has 5 aromatic rings. The molecule has 2 aromatic heterocycles. The number of aromatic nitrogens is 1. The van der Waals surface area contributed by atoms with Crippen LogP contribution in [-0.2, 0) is 16.1 Å². The highest BCUT2D eigenvalue weighted by Gasteiger charge is 2.11. The molecule has 0 atom stereocenters. The SMILES string of the molecule is O=C(/C=C/c1nc2ccccc2s1)OCc1cc(=O)oc2ccc3ccccc3c12. The molecule has 0 bridgehead atoms. The Morgan fingerprint density at radius 2 is 1.90 bits per heavy atom. The number of benzene rings is 3. The molecule has 6 heteroatoms. The molecule has 5 rings (SSSR count). The maximum absolute atomic E-state index is 12.3. The fourth-order valence-electron chi connectivity index (χ4n) is 3.43. The van der Waals surface area contributed by atoms with Crippen molar-refractivity contribution in [1.29, 1.82) is 0 Å². The number of thiazole rings is 1. The van der Waals surface area contributed by atoms with E-state index in [0.717, 1.165) is 31.4 Å². The molecule has 0 aliphatic rings. The first-order valence-electron chi connectivity index (χ1n) is 9.32. The van der Waals surface area contributed by atoms with E-state index in [2.05, 4.69) is 4.98 Å². The van der Waals surface area contributed by atoms with Crippen LogP contribution in [0, 0.1) is 0 Å². The zero-order chi connectivity index (χ0) is 20.5. The van der Waals surface area contributed by atoms with Gasteiger partial charge in [-0.3, -0.25) is 0 Å². The van der Waals surface area contributed by atoms with Gasteiger partial charge in [0.25, 0.3) is 0 Å². The first-order chi connectivity index (χ1) is 14.7. The van der Waals surface area contributed by atoms with Gasteiger partial charge in [-0.2, -0.15) is 0 Å². The fraction of sp³-hybridized carbons (Fsp3) is 0.0417. The number of fused-ring (bicyclic) bond motifs is 4. The molecular formula is C24H15NO4S. The molecule has 0 aliphatic heterocycles. The molecule has 0 N–H and O–H groups in total. The lowest BCUT2D eigenvalue weighted by Crippen LogP contribution is -2.06. The highest BCUT2D eigenvalue weighted by atomic mass is 32.1. The molecule has 0 amide bonds. The Hall–Kier alpha value is -3.77. The summed E-state index contributed by atoms with van der Waals surface area (Å²) in [6.45, 7) is -0.0286. The van der Waals surface area contributed by atoms with Crippen LogP contribution in [-0.4, -0.2) is 11.0 Å². The van der Waals surface area contributed by atoms with Crippen LogP contribution in [0.4, 0.5) is 0 Å². The molecule has 30 heavy (non-hydrogen) atoms. The predicted molar refractivity (Wildman–Crippen MR) is 118 cm³/mol. The Balaban J connectivity index is 1.41. The van der Waals surface area contributed by atoms with Gasteiger partial charge in [0.15, 0.2) is 0 Å². The zero-order valence-electron chi connectivity index (χ0n) is 15.7. The predicted octanol–water partition coefficient (Wildman–Crippen LogP) is 5.31. The van der Waals surface area contributed by atoms with E-state index in [0.29, 0.717) is 11.1 Å². The minimum Gasteiger partial charge on any atom is -0.458 e. The summed E-state index contributed by atoms with van der Waals surface area (Å²) in [5.74, 6) is -0.504. The van der Waals surface area contributed by atoms with Crippen molar-refractivity contribution < 1.29 is 13.9 Å². The van der Waals surface area contributed by atoms with Crippen molar-refractivity contribution in [3.63, 3.8) is 0 Å². The van der Waals surface area contributed by atoms with Gasteiger partial charge in [-0.25, -0.2) is 14.6 Å². The van der Waals surface area contributed by atoms with Crippen molar-refractivity contribution in [1.82, 2.24) is 4.98 Å². The van der Waals surface area contributed by atoms with Crippen molar-refractivity contribution in [3.05, 3.63) is 93.8 Å². The van der Waals surface area contributed by atoms with Gasteiger partial charge in [-0.05, 0) is 35.0 Å². The van der Waals surface area contributed by atoms with Crippen LogP contribution in [0.25, 0.3) is 38.0 Å². The Morgan fingerprint density at radius 3 is 2.80 bits per heavy atom. The summed E-state index contributed by atoms with van der Waals surface area (Å²) < 4.78 is 11.8. The van der Waals surface area contributed by atoms with E-state index in [-0.39, 0.29) is 6.61 Å². The van der Waals surface area contributed by atoms with Gasteiger partial charge >= 0.3 is 11.6 Å². The molecular weight excluding hydrogens is 398 g/mol. The first-order valence-corrected chi connectivity index (χ1v) is 10.1. The molecule has 5 nitrogen and oxygen atoms in total. The lowest BCUT2D eigenvalue weighted by Gasteiger charge is -2.08. The molecule has 0 radical (unpaired) electrons. The maximum atomic E-state index is 12.3. The van der Waals surface area contributed by atoms with Gasteiger partial charge in [-0.15, -0.1) is 11.3 Å². The van der Waals surface area contributed by atoms with E-state index in [1.165, 1.54) is 23.5 Å². The monoisotopic (exact) mass is 413 g/mol. The number of carbonyl (C=O) groups excluding carboxylic acids is 1. The summed E-state index contributed by atoms with van der Waals surface area (Å²) in [7, 11) is 0. The molecule has 0 aliphatic carbocycles. The minimum absolute atomic E-state index is 0.0286. The summed E-state index contributed by atoms with van der Waals surface area (Å²) in [6.07, 6.45) is 2.99. The highest BCUT2D eigenvalue weighted by Crippen LogP contribution is 2.28. The van der Waals surface area contributed by atoms with Gasteiger partial charge in [0.1, 0.15) is 17.2 Å². The lowest BCUT2D eigenvalue weighted by molar-refractivity contribution is -0.138. The molecule has 146 valence electrons. The van der Waals surface area contributed by atoms with Gasteiger partial charge in [0, 0.05) is 23.1 Å². The van der Waals surface area contributed by atoms with Gasteiger partial charge in [0.05, 0.1) is 10.2 Å². The molecule has 0 saturated heterocycles. The second-order valence-electron chi connectivity index (χ2n) is 6.71. The van der Waals surface area contributed by atoms with Crippen LogP contribution in [0.5, 0.6) is 0 Å². The average molecular weight is 413 g/mol. The van der Waals surface area contributed by atoms with E-state index in [1.54, 1.807) is 12.1 Å². The zero-order valence-corrected chi connectivity index (χ0v) is 16.5. The Bertz CT molecular complexity index is 1460. The Morgan fingerprint density at radius 1 is 1.07 bits per heavy atom. The lowest BCUT2D eigenvalue weighted by atomic mass is 10.0. The molecule has 0 fully saturated rings. The number of para-hydroxylation sites is 1. The molecule has 2 heterocycles. The molecule has 0 saturated carbocycles. The Labute approximate surface area is 174 Å². The van der Waals surface area contributed by atoms with Crippen molar-refractivity contribution in [2.24, 2.45) is 0 Å². The summed E-state index contributed by atoms with van der Waals surface area (Å²) in [5, 5.41) is 3.46. The quantitative estimate of drug-likeness (QED) is 0.173. The highest BCUT2D eigenvalue weighted by molar-refractivity contribution is 7.19. The molecule has 0 spiro atoms. The third kappa shape index (κ3) is 3.49. The minimum atomic E-state index is -0.504. The fourth-order valence-corrected chi connectivity index (χ4v) is 4.30. The average Bonchev–Trinajstić information content (AvgIpc) is 3.18. The van der Waals surface area contributed by atoms with Crippen molar-refractivity contribution >= 4 is 55.3 Å². The van der Waals surface area contributed by atoms with Gasteiger partial charge < -0.3 is 9.15 Å². The first kappa shape index (κ1) is 18.3. The van der Waals surface area contributed by atoms with Crippen LogP contribution in [0.2, 0.25) is 0 Å². The van der Waals surface area contributed by atoms with Crippen molar-refractivity contribution in [2.45, 2.75) is 6.61 Å². The number of ether oxygens (including phenoxy) is 1. The van der Waals surface area contributed by atoms with Crippen LogP contribution < -0.4 is 5.63 Å². The van der Waals surface area contributed by atoms with E-state index in [9.17, 15) is 9.59 Å². The number of hydrogen-bond donors (Lipinski definition) is 0. The second kappa shape index (κ2) is 7.57. The van der Waals surface area contributed by atoms with E-state index < -0.39 is 11.6 Å². The number of hydrogen-bond acceptors (Lipinski definition) is 6. The standard InChI is InChI=1S/C24H15NO4S/c26-22(12-11-21-25-18-7-3-4-8-20(18)30-21)28-14-16-13-23(27)29-19-10-9-15-5-1-2-6-17(15)24(16)19/h1-13H,14H2/b12-11+. The van der Waals surface area contributed by atoms with Crippen LogP contribution in [0.3, 0.4) is 0 Å². The summed E-state index contributed by atoms with van der Waals surface area (Å²) in [6, 6.07) is 20.6. The number of rotatable bonds is 4. The van der Waals surface area contributed by atoms with Crippen LogP contribution in [0.15, 0.2) is 82.0 Å². The molecule has 0 unspecified atom stereocenters. The number of esters is 1. The smallest absolute Gasteiger partial charge is 0.336 e. The van der Waals surface area contributed by atoms with Crippen LogP contribution >= 0.6 is 11.3 Å². The van der Waals surface area contributed by atoms with Crippen molar-refractivity contribution in [3.8, 4) is 0 Å². The molecule has 3 aromatic carbocycles. The van der Waals surface area contributed by atoms with Crippen molar-refractivity contribution in [2.75, 3.05) is 0 Å². The number of nitrogens with zero attached hydrogens (tertiary/aromatic N) is 1. The normalized spacial score (nSPS) is 11.6. The third-order valence-electron chi connectivity index (χ3n) is 4.76. The van der Waals surface area contributed by atoms with Crippen LogP contribution in [0.1, 0.15) is 10.6 Å².